The maximum Gasteiger partial charge on any atom is 0.227 e. The van der Waals surface area contributed by atoms with E-state index in [0.717, 1.165) is 42.3 Å². The van der Waals surface area contributed by atoms with Gasteiger partial charge in [0.05, 0.1) is 13.0 Å². The van der Waals surface area contributed by atoms with Crippen molar-refractivity contribution in [3.05, 3.63) is 40.1 Å². The van der Waals surface area contributed by atoms with Crippen LogP contribution in [0.15, 0.2) is 23.7 Å². The van der Waals surface area contributed by atoms with Crippen molar-refractivity contribution < 1.29 is 9.90 Å². The maximum absolute atomic E-state index is 12.4. The summed E-state index contributed by atoms with van der Waals surface area (Å²) in [5, 5.41) is 11.2. The highest BCUT2D eigenvalue weighted by molar-refractivity contribution is 7.10. The lowest BCUT2D eigenvalue weighted by Crippen LogP contribution is -2.39. The van der Waals surface area contributed by atoms with Gasteiger partial charge in [-0.15, -0.1) is 11.3 Å². The van der Waals surface area contributed by atoms with Crippen molar-refractivity contribution in [2.45, 2.75) is 38.6 Å². The van der Waals surface area contributed by atoms with Crippen LogP contribution in [0.25, 0.3) is 0 Å². The highest BCUT2D eigenvalue weighted by atomic mass is 32.1. The fraction of sp³-hybridized carbons (Fsp3) is 0.529. The maximum atomic E-state index is 12.4. The van der Waals surface area contributed by atoms with Crippen LogP contribution in [-0.2, 0) is 17.8 Å². The Morgan fingerprint density at radius 2 is 2.22 bits per heavy atom. The van der Waals surface area contributed by atoms with E-state index in [4.69, 9.17) is 0 Å². The lowest BCUT2D eigenvalue weighted by atomic mass is 9.95. The zero-order valence-corrected chi connectivity index (χ0v) is 14.3. The van der Waals surface area contributed by atoms with Crippen LogP contribution >= 0.6 is 11.3 Å². The minimum Gasteiger partial charge on any atom is -0.395 e. The van der Waals surface area contributed by atoms with E-state index in [1.54, 1.807) is 11.3 Å². The van der Waals surface area contributed by atoms with Crippen molar-refractivity contribution in [2.75, 3.05) is 19.7 Å². The minimum atomic E-state index is 0.127. The van der Waals surface area contributed by atoms with E-state index in [1.165, 1.54) is 0 Å². The van der Waals surface area contributed by atoms with Gasteiger partial charge in [-0.2, -0.15) is 0 Å². The number of carbonyl (C=O) groups excluding carboxylic acids is 1. The first-order valence-corrected chi connectivity index (χ1v) is 9.00. The molecular formula is C17H23N3O2S. The molecule has 23 heavy (non-hydrogen) atoms. The van der Waals surface area contributed by atoms with E-state index in [1.807, 2.05) is 35.5 Å². The third-order valence-electron chi connectivity index (χ3n) is 4.53. The second kappa shape index (κ2) is 7.27. The Morgan fingerprint density at radius 3 is 2.87 bits per heavy atom. The minimum absolute atomic E-state index is 0.127. The van der Waals surface area contributed by atoms with Gasteiger partial charge in [-0.25, -0.2) is 4.98 Å². The molecule has 124 valence electrons. The van der Waals surface area contributed by atoms with Gasteiger partial charge in [-0.1, -0.05) is 6.07 Å². The van der Waals surface area contributed by atoms with Crippen LogP contribution in [0.3, 0.4) is 0 Å². The van der Waals surface area contributed by atoms with Gasteiger partial charge in [0.2, 0.25) is 5.91 Å². The molecule has 0 atom stereocenters. The first kappa shape index (κ1) is 16.2. The van der Waals surface area contributed by atoms with Crippen molar-refractivity contribution in [2.24, 2.45) is 0 Å². The van der Waals surface area contributed by atoms with Gasteiger partial charge in [-0.05, 0) is 31.2 Å². The Bertz CT molecular complexity index is 643. The van der Waals surface area contributed by atoms with Crippen molar-refractivity contribution >= 4 is 17.2 Å². The third-order valence-corrected chi connectivity index (χ3v) is 5.40. The quantitative estimate of drug-likeness (QED) is 0.912. The second-order valence-electron chi connectivity index (χ2n) is 6.04. The molecule has 5 nitrogen and oxygen atoms in total. The Morgan fingerprint density at radius 1 is 1.43 bits per heavy atom. The Balaban J connectivity index is 1.59. The number of rotatable bonds is 5. The fourth-order valence-corrected chi connectivity index (χ4v) is 3.95. The first-order chi connectivity index (χ1) is 11.2. The van der Waals surface area contributed by atoms with Gasteiger partial charge in [0.15, 0.2) is 0 Å². The molecule has 2 aromatic heterocycles. The lowest BCUT2D eigenvalue weighted by molar-refractivity contribution is -0.131. The monoisotopic (exact) mass is 333 g/mol. The molecule has 0 unspecified atom stereocenters. The number of aryl methyl sites for hydroxylation is 1. The van der Waals surface area contributed by atoms with Crippen LogP contribution in [0.4, 0.5) is 0 Å². The molecule has 0 aromatic carbocycles. The highest BCUT2D eigenvalue weighted by Gasteiger charge is 2.27. The number of carbonyl (C=O) groups is 1. The van der Waals surface area contributed by atoms with E-state index in [0.29, 0.717) is 18.9 Å². The zero-order chi connectivity index (χ0) is 16.2. The van der Waals surface area contributed by atoms with E-state index < -0.39 is 0 Å². The largest absolute Gasteiger partial charge is 0.395 e. The summed E-state index contributed by atoms with van der Waals surface area (Å²) in [7, 11) is 0. The highest BCUT2D eigenvalue weighted by Crippen LogP contribution is 2.28. The number of likely N-dealkylation sites (tertiary alicyclic amines) is 1. The molecule has 1 amide bonds. The van der Waals surface area contributed by atoms with Crippen LogP contribution < -0.4 is 0 Å². The summed E-state index contributed by atoms with van der Waals surface area (Å²) in [5.74, 6) is 1.66. The Kier molecular flexibility index (Phi) is 5.13. The van der Waals surface area contributed by atoms with E-state index in [-0.39, 0.29) is 12.5 Å². The van der Waals surface area contributed by atoms with E-state index in [2.05, 4.69) is 9.55 Å². The Labute approximate surface area is 140 Å². The molecule has 1 aliphatic heterocycles. The number of thiophene rings is 1. The number of aliphatic hydroxyl groups is 1. The summed E-state index contributed by atoms with van der Waals surface area (Å²) in [5.41, 5.74) is 1.09. The molecule has 1 saturated heterocycles. The molecule has 3 heterocycles. The molecule has 2 aromatic rings. The Hall–Kier alpha value is -1.66. The second-order valence-corrected chi connectivity index (χ2v) is 7.08. The van der Waals surface area contributed by atoms with Crippen LogP contribution in [0.2, 0.25) is 0 Å². The SMILES string of the molecule is Cc1cnc(C2CCN(C(=O)Cc3cccs3)CC2)n1CCO. The van der Waals surface area contributed by atoms with E-state index in [9.17, 15) is 9.90 Å². The molecule has 3 rings (SSSR count). The average Bonchev–Trinajstić information content (AvgIpc) is 3.19. The summed E-state index contributed by atoms with van der Waals surface area (Å²) in [6.45, 7) is 4.33. The predicted octanol–water partition coefficient (Wildman–Crippen LogP) is 2.19. The van der Waals surface area contributed by atoms with Gasteiger partial charge in [0, 0.05) is 42.3 Å². The van der Waals surface area contributed by atoms with Crippen molar-refractivity contribution in [3.8, 4) is 0 Å². The number of hydrogen-bond donors (Lipinski definition) is 1. The van der Waals surface area contributed by atoms with Gasteiger partial charge in [-0.3, -0.25) is 4.79 Å². The standard InChI is InChI=1S/C17H23N3O2S/c1-13-12-18-17(20(13)8-9-21)14-4-6-19(7-5-14)16(22)11-15-3-2-10-23-15/h2-3,10,12,14,21H,4-9,11H2,1H3. The van der Waals surface area contributed by atoms with Gasteiger partial charge in [0.25, 0.3) is 0 Å². The molecule has 1 N–H and O–H groups in total. The van der Waals surface area contributed by atoms with Gasteiger partial charge >= 0.3 is 0 Å². The average molecular weight is 333 g/mol. The molecule has 0 aliphatic carbocycles. The topological polar surface area (TPSA) is 58.4 Å². The normalized spacial score (nSPS) is 16.0. The predicted molar refractivity (Wildman–Crippen MR) is 90.6 cm³/mol. The zero-order valence-electron chi connectivity index (χ0n) is 13.4. The number of nitrogens with zero attached hydrogens (tertiary/aromatic N) is 3. The summed E-state index contributed by atoms with van der Waals surface area (Å²) >= 11 is 1.64. The molecule has 6 heteroatoms. The fourth-order valence-electron chi connectivity index (χ4n) is 3.26. The van der Waals surface area contributed by atoms with Crippen LogP contribution in [0.5, 0.6) is 0 Å². The molecule has 0 saturated carbocycles. The molecule has 1 aliphatic rings. The van der Waals surface area contributed by atoms with E-state index >= 15 is 0 Å². The number of imidazole rings is 1. The van der Waals surface area contributed by atoms with Crippen LogP contribution in [-0.4, -0.2) is 45.2 Å². The van der Waals surface area contributed by atoms with Crippen molar-refractivity contribution in [1.29, 1.82) is 0 Å². The van der Waals surface area contributed by atoms with Gasteiger partial charge in [0.1, 0.15) is 5.82 Å². The third kappa shape index (κ3) is 3.64. The molecule has 0 radical (unpaired) electrons. The van der Waals surface area contributed by atoms with Crippen molar-refractivity contribution in [3.63, 3.8) is 0 Å². The molecular weight excluding hydrogens is 310 g/mol. The summed E-state index contributed by atoms with van der Waals surface area (Å²) < 4.78 is 2.10. The molecule has 0 spiro atoms. The number of aliphatic hydroxyl groups excluding tert-OH is 1. The summed E-state index contributed by atoms with van der Waals surface area (Å²) in [6, 6.07) is 4.01. The first-order valence-electron chi connectivity index (χ1n) is 8.12. The van der Waals surface area contributed by atoms with Crippen molar-refractivity contribution in [1.82, 2.24) is 14.5 Å². The lowest BCUT2D eigenvalue weighted by Gasteiger charge is -2.32. The number of piperidine rings is 1. The number of aromatic nitrogens is 2. The van der Waals surface area contributed by atoms with Crippen LogP contribution in [0, 0.1) is 6.92 Å². The molecule has 1 fully saturated rings. The number of hydrogen-bond acceptors (Lipinski definition) is 4. The van der Waals surface area contributed by atoms with Gasteiger partial charge < -0.3 is 14.6 Å². The summed E-state index contributed by atoms with van der Waals surface area (Å²) in [6.07, 6.45) is 4.27. The number of amides is 1. The smallest absolute Gasteiger partial charge is 0.227 e. The molecule has 0 bridgehead atoms. The summed E-state index contributed by atoms with van der Waals surface area (Å²) in [4.78, 5) is 20.0. The van der Waals surface area contributed by atoms with Crippen LogP contribution in [0.1, 0.15) is 35.2 Å².